The number of aliphatic carboxylic acids is 1. The van der Waals surface area contributed by atoms with E-state index in [9.17, 15) is 19.5 Å². The molecule has 1 aromatic carbocycles. The Bertz CT molecular complexity index is 964. The number of nitrogens with one attached hydrogen (secondary N) is 1. The summed E-state index contributed by atoms with van der Waals surface area (Å²) in [6.07, 6.45) is 4.67. The van der Waals surface area contributed by atoms with Gasteiger partial charge in [-0.3, -0.25) is 4.79 Å². The van der Waals surface area contributed by atoms with E-state index in [1.54, 1.807) is 19.1 Å². The van der Waals surface area contributed by atoms with Crippen molar-refractivity contribution in [3.63, 3.8) is 0 Å². The highest BCUT2D eigenvalue weighted by Crippen LogP contribution is 2.29. The molecule has 1 aliphatic carbocycles. The van der Waals surface area contributed by atoms with Gasteiger partial charge in [-0.1, -0.05) is 19.8 Å². The zero-order valence-electron chi connectivity index (χ0n) is 16.8. The molecule has 7 nitrogen and oxygen atoms in total. The molecule has 0 aliphatic heterocycles. The van der Waals surface area contributed by atoms with Crippen LogP contribution in [0, 0.1) is 0 Å². The van der Waals surface area contributed by atoms with Gasteiger partial charge in [0.05, 0.1) is 0 Å². The summed E-state index contributed by atoms with van der Waals surface area (Å²) in [7, 11) is 0. The molecular weight excluding hydrogens is 374 g/mol. The van der Waals surface area contributed by atoms with Gasteiger partial charge in [0, 0.05) is 17.0 Å². The van der Waals surface area contributed by atoms with Gasteiger partial charge in [0.1, 0.15) is 17.4 Å². The van der Waals surface area contributed by atoms with E-state index in [1.807, 2.05) is 13.0 Å². The van der Waals surface area contributed by atoms with Gasteiger partial charge < -0.3 is 19.6 Å². The van der Waals surface area contributed by atoms with Crippen molar-refractivity contribution < 1.29 is 23.8 Å². The topological polar surface area (TPSA) is 106 Å². The number of carboxylic acids is 1. The Balaban J connectivity index is 1.74. The minimum Gasteiger partial charge on any atom is -0.481 e. The molecule has 3 rings (SSSR count). The van der Waals surface area contributed by atoms with Gasteiger partial charge in [0.15, 0.2) is 6.10 Å². The maximum Gasteiger partial charge on any atom is 0.339 e. The van der Waals surface area contributed by atoms with Crippen LogP contribution in [0.1, 0.15) is 57.1 Å². The summed E-state index contributed by atoms with van der Waals surface area (Å²) in [5, 5.41) is 12.7. The van der Waals surface area contributed by atoms with Crippen LogP contribution in [0.3, 0.4) is 0 Å². The van der Waals surface area contributed by atoms with Crippen LogP contribution in [-0.2, 0) is 22.4 Å². The molecule has 2 aromatic rings. The summed E-state index contributed by atoms with van der Waals surface area (Å²) in [6, 6.07) is 4.27. The van der Waals surface area contributed by atoms with Gasteiger partial charge in [0.2, 0.25) is 0 Å². The quantitative estimate of drug-likeness (QED) is 0.658. The van der Waals surface area contributed by atoms with Crippen molar-refractivity contribution in [3.8, 4) is 5.75 Å². The predicted octanol–water partition coefficient (Wildman–Crippen LogP) is 3.20. The maximum absolute atomic E-state index is 12.4. The van der Waals surface area contributed by atoms with Crippen LogP contribution in [0.2, 0.25) is 0 Å². The number of ether oxygens (including phenoxy) is 1. The standard InChI is InChI=1S/C22H27NO6/c1-3-4-9-18(21(25)26)23-20(24)13(2)28-14-10-11-16-15-7-5-6-8-17(15)22(27)29-19(16)12-14/h10-13,18H,3-9H2,1-2H3,(H,23,24)(H,25,26)/t13-,18-/m1/s1. The van der Waals surface area contributed by atoms with Crippen molar-refractivity contribution in [2.24, 2.45) is 0 Å². The fraction of sp³-hybridized carbons (Fsp3) is 0.500. The minimum atomic E-state index is -1.06. The zero-order valence-corrected chi connectivity index (χ0v) is 16.8. The average Bonchev–Trinajstić information content (AvgIpc) is 2.70. The Hall–Kier alpha value is -2.83. The Labute approximate surface area is 169 Å². The second kappa shape index (κ2) is 9.11. The number of amides is 1. The second-order valence-electron chi connectivity index (χ2n) is 7.51. The van der Waals surface area contributed by atoms with E-state index >= 15 is 0 Å². The third-order valence-electron chi connectivity index (χ3n) is 5.34. The van der Waals surface area contributed by atoms with Crippen LogP contribution in [-0.4, -0.2) is 29.1 Å². The summed E-state index contributed by atoms with van der Waals surface area (Å²) in [6.45, 7) is 3.52. The van der Waals surface area contributed by atoms with Crippen LogP contribution in [0.5, 0.6) is 5.75 Å². The number of carbonyl (C=O) groups excluding carboxylic acids is 1. The van der Waals surface area contributed by atoms with Gasteiger partial charge in [-0.05, 0) is 56.7 Å². The van der Waals surface area contributed by atoms with Gasteiger partial charge in [-0.15, -0.1) is 0 Å². The van der Waals surface area contributed by atoms with E-state index in [1.165, 1.54) is 0 Å². The van der Waals surface area contributed by atoms with Crippen molar-refractivity contribution in [1.29, 1.82) is 0 Å². The van der Waals surface area contributed by atoms with E-state index in [4.69, 9.17) is 9.15 Å². The van der Waals surface area contributed by atoms with Gasteiger partial charge >= 0.3 is 11.6 Å². The van der Waals surface area contributed by atoms with Crippen LogP contribution in [0.15, 0.2) is 27.4 Å². The molecule has 7 heteroatoms. The number of fused-ring (bicyclic) bond motifs is 3. The Morgan fingerprint density at radius 3 is 2.66 bits per heavy atom. The number of carboxylic acid groups (broad SMARTS) is 1. The molecule has 1 amide bonds. The number of rotatable bonds is 8. The van der Waals surface area contributed by atoms with Crippen LogP contribution in [0.4, 0.5) is 0 Å². The van der Waals surface area contributed by atoms with Crippen LogP contribution >= 0.6 is 0 Å². The second-order valence-corrected chi connectivity index (χ2v) is 7.51. The van der Waals surface area contributed by atoms with Gasteiger partial charge in [-0.25, -0.2) is 9.59 Å². The van der Waals surface area contributed by atoms with Crippen LogP contribution < -0.4 is 15.7 Å². The lowest BCUT2D eigenvalue weighted by molar-refractivity contribution is -0.143. The fourth-order valence-electron chi connectivity index (χ4n) is 3.71. The summed E-state index contributed by atoms with van der Waals surface area (Å²) in [4.78, 5) is 35.9. The summed E-state index contributed by atoms with van der Waals surface area (Å²) in [5.74, 6) is -1.17. The highest BCUT2D eigenvalue weighted by molar-refractivity contribution is 5.86. The number of benzene rings is 1. The molecule has 0 unspecified atom stereocenters. The lowest BCUT2D eigenvalue weighted by Crippen LogP contribution is -2.46. The van der Waals surface area contributed by atoms with Gasteiger partial charge in [-0.2, -0.15) is 0 Å². The first-order valence-corrected chi connectivity index (χ1v) is 10.2. The summed E-state index contributed by atoms with van der Waals surface area (Å²) in [5.41, 5.74) is 1.93. The van der Waals surface area contributed by atoms with E-state index in [-0.39, 0.29) is 5.63 Å². The minimum absolute atomic E-state index is 0.310. The van der Waals surface area contributed by atoms with E-state index in [0.717, 1.165) is 48.6 Å². The monoisotopic (exact) mass is 401 g/mol. The Morgan fingerprint density at radius 1 is 1.24 bits per heavy atom. The smallest absolute Gasteiger partial charge is 0.339 e. The molecule has 0 spiro atoms. The SMILES string of the molecule is CCCC[C@@H](NC(=O)[C@@H](C)Oc1ccc2c3c(c(=O)oc2c1)CCCC3)C(=O)O. The first kappa shape index (κ1) is 20.9. The maximum atomic E-state index is 12.4. The lowest BCUT2D eigenvalue weighted by Gasteiger charge is -2.19. The van der Waals surface area contributed by atoms with E-state index in [2.05, 4.69) is 5.32 Å². The number of hydrogen-bond donors (Lipinski definition) is 2. The molecule has 0 radical (unpaired) electrons. The molecule has 0 bridgehead atoms. The normalized spacial score (nSPS) is 15.4. The molecule has 0 fully saturated rings. The third kappa shape index (κ3) is 4.78. The Kier molecular flexibility index (Phi) is 6.56. The van der Waals surface area contributed by atoms with Crippen molar-refractivity contribution in [1.82, 2.24) is 5.32 Å². The van der Waals surface area contributed by atoms with Crippen molar-refractivity contribution in [2.75, 3.05) is 0 Å². The molecule has 156 valence electrons. The number of aryl methyl sites for hydroxylation is 1. The first-order chi connectivity index (χ1) is 13.9. The highest BCUT2D eigenvalue weighted by Gasteiger charge is 2.24. The summed E-state index contributed by atoms with van der Waals surface area (Å²) >= 11 is 0. The highest BCUT2D eigenvalue weighted by atomic mass is 16.5. The fourth-order valence-corrected chi connectivity index (χ4v) is 3.71. The molecule has 1 heterocycles. The lowest BCUT2D eigenvalue weighted by atomic mass is 9.91. The molecule has 0 saturated heterocycles. The third-order valence-corrected chi connectivity index (χ3v) is 5.34. The Morgan fingerprint density at radius 2 is 1.97 bits per heavy atom. The van der Waals surface area contributed by atoms with Crippen molar-refractivity contribution >= 4 is 22.8 Å². The van der Waals surface area contributed by atoms with E-state index < -0.39 is 24.0 Å². The number of hydrogen-bond acceptors (Lipinski definition) is 5. The molecule has 1 aliphatic rings. The molecular formula is C22H27NO6. The zero-order chi connectivity index (χ0) is 21.0. The summed E-state index contributed by atoms with van der Waals surface area (Å²) < 4.78 is 11.2. The molecule has 2 N–H and O–H groups in total. The largest absolute Gasteiger partial charge is 0.481 e. The first-order valence-electron chi connectivity index (χ1n) is 10.2. The molecule has 2 atom stereocenters. The molecule has 1 aromatic heterocycles. The van der Waals surface area contributed by atoms with Gasteiger partial charge in [0.25, 0.3) is 5.91 Å². The average molecular weight is 401 g/mol. The van der Waals surface area contributed by atoms with Crippen molar-refractivity contribution in [2.45, 2.75) is 70.9 Å². The molecule has 29 heavy (non-hydrogen) atoms. The number of unbranched alkanes of at least 4 members (excludes halogenated alkanes) is 1. The van der Waals surface area contributed by atoms with Crippen LogP contribution in [0.25, 0.3) is 11.0 Å². The van der Waals surface area contributed by atoms with Crippen molar-refractivity contribution in [3.05, 3.63) is 39.7 Å². The molecule has 0 saturated carbocycles. The number of carbonyl (C=O) groups is 2. The van der Waals surface area contributed by atoms with E-state index in [0.29, 0.717) is 24.2 Å². The predicted molar refractivity (Wildman–Crippen MR) is 108 cm³/mol.